The minimum atomic E-state index is -0.245. The summed E-state index contributed by atoms with van der Waals surface area (Å²) in [6.07, 6.45) is 3.49. The fourth-order valence-electron chi connectivity index (χ4n) is 2.12. The van der Waals surface area contributed by atoms with Crippen LogP contribution >= 0.6 is 27.7 Å². The monoisotopic (exact) mass is 345 g/mol. The van der Waals surface area contributed by atoms with Gasteiger partial charge in [-0.1, -0.05) is 22.0 Å². The summed E-state index contributed by atoms with van der Waals surface area (Å²) in [5.41, 5.74) is 1.03. The number of nitrogens with zero attached hydrogens (tertiary/aromatic N) is 1. The Kier molecular flexibility index (Phi) is 5.70. The van der Waals surface area contributed by atoms with Crippen molar-refractivity contribution in [3.8, 4) is 0 Å². The van der Waals surface area contributed by atoms with Gasteiger partial charge in [-0.05, 0) is 37.0 Å². The van der Waals surface area contributed by atoms with Gasteiger partial charge in [-0.2, -0.15) is 0 Å². The van der Waals surface area contributed by atoms with E-state index in [0.29, 0.717) is 5.75 Å². The van der Waals surface area contributed by atoms with Crippen molar-refractivity contribution in [3.05, 3.63) is 34.1 Å². The summed E-state index contributed by atoms with van der Waals surface area (Å²) in [5, 5.41) is 0. The molecular formula is C14H17BrFNOS. The van der Waals surface area contributed by atoms with Crippen LogP contribution in [0.5, 0.6) is 0 Å². The molecule has 1 aromatic carbocycles. The van der Waals surface area contributed by atoms with E-state index in [-0.39, 0.29) is 11.7 Å². The van der Waals surface area contributed by atoms with Crippen molar-refractivity contribution < 1.29 is 9.18 Å². The number of benzene rings is 1. The molecule has 0 aliphatic carbocycles. The number of rotatable bonds is 4. The zero-order chi connectivity index (χ0) is 13.7. The number of carbonyl (C=O) groups is 1. The number of thioether (sulfide) groups is 1. The maximum absolute atomic E-state index is 12.9. The molecule has 0 atom stereocenters. The van der Waals surface area contributed by atoms with Crippen LogP contribution in [0.15, 0.2) is 22.7 Å². The second-order valence-corrected chi connectivity index (χ2v) is 6.51. The van der Waals surface area contributed by atoms with E-state index in [4.69, 9.17) is 0 Å². The van der Waals surface area contributed by atoms with Crippen LogP contribution in [0.3, 0.4) is 0 Å². The van der Waals surface area contributed by atoms with Crippen LogP contribution in [0.4, 0.5) is 4.39 Å². The molecule has 1 fully saturated rings. The van der Waals surface area contributed by atoms with Gasteiger partial charge >= 0.3 is 0 Å². The molecule has 0 unspecified atom stereocenters. The average molecular weight is 346 g/mol. The molecule has 2 rings (SSSR count). The van der Waals surface area contributed by atoms with Gasteiger partial charge in [0.15, 0.2) is 0 Å². The summed E-state index contributed by atoms with van der Waals surface area (Å²) in [5.74, 6) is 1.21. The molecule has 0 aromatic heterocycles. The zero-order valence-corrected chi connectivity index (χ0v) is 13.1. The second-order valence-electron chi connectivity index (χ2n) is 4.67. The average Bonchev–Trinajstić information content (AvgIpc) is 2.42. The molecule has 1 aliphatic rings. The van der Waals surface area contributed by atoms with Crippen LogP contribution in [0.2, 0.25) is 0 Å². The molecule has 5 heteroatoms. The second kappa shape index (κ2) is 7.29. The highest BCUT2D eigenvalue weighted by atomic mass is 79.9. The fourth-order valence-corrected chi connectivity index (χ4v) is 3.73. The van der Waals surface area contributed by atoms with Gasteiger partial charge < -0.3 is 4.90 Å². The standard InChI is InChI=1S/C14H17BrFNOS/c15-13-8-12(16)5-4-11(13)9-19-10-14(18)17-6-2-1-3-7-17/h4-5,8H,1-3,6-7,9-10H2. The first-order valence-electron chi connectivity index (χ1n) is 6.46. The lowest BCUT2D eigenvalue weighted by Crippen LogP contribution is -2.36. The highest BCUT2D eigenvalue weighted by molar-refractivity contribution is 9.10. The SMILES string of the molecule is O=C(CSCc1ccc(F)cc1Br)N1CCCCC1. The Balaban J connectivity index is 1.78. The van der Waals surface area contributed by atoms with E-state index in [1.165, 1.54) is 18.6 Å². The largest absolute Gasteiger partial charge is 0.342 e. The van der Waals surface area contributed by atoms with Crippen LogP contribution in [0.1, 0.15) is 24.8 Å². The Morgan fingerprint density at radius 2 is 2.05 bits per heavy atom. The van der Waals surface area contributed by atoms with Gasteiger partial charge in [0.05, 0.1) is 5.75 Å². The van der Waals surface area contributed by atoms with Crippen LogP contribution in [0, 0.1) is 5.82 Å². The topological polar surface area (TPSA) is 20.3 Å². The van der Waals surface area contributed by atoms with Gasteiger partial charge in [-0.25, -0.2) is 4.39 Å². The van der Waals surface area contributed by atoms with E-state index in [9.17, 15) is 9.18 Å². The minimum absolute atomic E-state index is 0.225. The van der Waals surface area contributed by atoms with Gasteiger partial charge in [0.25, 0.3) is 0 Å². The molecule has 2 nitrogen and oxygen atoms in total. The lowest BCUT2D eigenvalue weighted by molar-refractivity contribution is -0.129. The Morgan fingerprint density at radius 3 is 2.74 bits per heavy atom. The van der Waals surface area contributed by atoms with Crippen LogP contribution in [-0.2, 0) is 10.5 Å². The molecule has 0 radical (unpaired) electrons. The van der Waals surface area contributed by atoms with Gasteiger partial charge in [0, 0.05) is 23.3 Å². The van der Waals surface area contributed by atoms with E-state index in [2.05, 4.69) is 15.9 Å². The van der Waals surface area contributed by atoms with Crippen molar-refractivity contribution >= 4 is 33.6 Å². The van der Waals surface area contributed by atoms with E-state index >= 15 is 0 Å². The minimum Gasteiger partial charge on any atom is -0.342 e. The number of hydrogen-bond donors (Lipinski definition) is 0. The Morgan fingerprint density at radius 1 is 1.32 bits per heavy atom. The van der Waals surface area contributed by atoms with Crippen molar-refractivity contribution in [1.82, 2.24) is 4.90 Å². The van der Waals surface area contributed by atoms with Crippen molar-refractivity contribution in [2.75, 3.05) is 18.8 Å². The van der Waals surface area contributed by atoms with Gasteiger partial charge in [0.1, 0.15) is 5.82 Å². The number of halogens is 2. The molecule has 1 amide bonds. The van der Waals surface area contributed by atoms with Crippen molar-refractivity contribution in [1.29, 1.82) is 0 Å². The number of amides is 1. The maximum Gasteiger partial charge on any atom is 0.232 e. The highest BCUT2D eigenvalue weighted by Gasteiger charge is 2.16. The first-order chi connectivity index (χ1) is 9.16. The maximum atomic E-state index is 12.9. The molecule has 0 saturated carbocycles. The van der Waals surface area contributed by atoms with E-state index in [1.807, 2.05) is 4.90 Å². The van der Waals surface area contributed by atoms with E-state index in [0.717, 1.165) is 41.7 Å². The summed E-state index contributed by atoms with van der Waals surface area (Å²) < 4.78 is 13.7. The number of likely N-dealkylation sites (tertiary alicyclic amines) is 1. The Hall–Kier alpha value is -0.550. The number of carbonyl (C=O) groups excluding carboxylic acids is 1. The number of piperidine rings is 1. The van der Waals surface area contributed by atoms with Gasteiger partial charge in [-0.15, -0.1) is 11.8 Å². The molecule has 104 valence electrons. The summed E-state index contributed by atoms with van der Waals surface area (Å²) >= 11 is 4.93. The smallest absolute Gasteiger partial charge is 0.232 e. The highest BCUT2D eigenvalue weighted by Crippen LogP contribution is 2.23. The van der Waals surface area contributed by atoms with Gasteiger partial charge in [0.2, 0.25) is 5.91 Å². The molecule has 19 heavy (non-hydrogen) atoms. The first-order valence-corrected chi connectivity index (χ1v) is 8.41. The number of hydrogen-bond acceptors (Lipinski definition) is 2. The van der Waals surface area contributed by atoms with Crippen LogP contribution < -0.4 is 0 Å². The summed E-state index contributed by atoms with van der Waals surface area (Å²) in [6.45, 7) is 1.80. The fraction of sp³-hybridized carbons (Fsp3) is 0.500. The molecular weight excluding hydrogens is 329 g/mol. The molecule has 1 saturated heterocycles. The van der Waals surface area contributed by atoms with Crippen molar-refractivity contribution in [2.24, 2.45) is 0 Å². The van der Waals surface area contributed by atoms with Gasteiger partial charge in [-0.3, -0.25) is 4.79 Å². The first kappa shape index (κ1) is 14.9. The third-order valence-electron chi connectivity index (χ3n) is 3.21. The third-order valence-corrected chi connectivity index (χ3v) is 4.91. The quantitative estimate of drug-likeness (QED) is 0.826. The summed E-state index contributed by atoms with van der Waals surface area (Å²) in [6, 6.07) is 4.67. The lowest BCUT2D eigenvalue weighted by atomic mass is 10.1. The van der Waals surface area contributed by atoms with E-state index < -0.39 is 0 Å². The van der Waals surface area contributed by atoms with Crippen LogP contribution in [0.25, 0.3) is 0 Å². The third kappa shape index (κ3) is 4.49. The normalized spacial score (nSPS) is 15.6. The Labute approximate surface area is 125 Å². The zero-order valence-electron chi connectivity index (χ0n) is 10.7. The van der Waals surface area contributed by atoms with Crippen LogP contribution in [-0.4, -0.2) is 29.6 Å². The molecule has 0 N–H and O–H groups in total. The summed E-state index contributed by atoms with van der Waals surface area (Å²) in [4.78, 5) is 13.9. The van der Waals surface area contributed by atoms with E-state index in [1.54, 1.807) is 17.8 Å². The Bertz CT molecular complexity index is 449. The predicted octanol–water partition coefficient (Wildman–Crippen LogP) is 3.83. The van der Waals surface area contributed by atoms with Crippen molar-refractivity contribution in [3.63, 3.8) is 0 Å². The molecule has 1 aromatic rings. The summed E-state index contributed by atoms with van der Waals surface area (Å²) in [7, 11) is 0. The molecule has 0 bridgehead atoms. The molecule has 1 aliphatic heterocycles. The molecule has 1 heterocycles. The molecule has 0 spiro atoms. The predicted molar refractivity (Wildman–Crippen MR) is 80.7 cm³/mol. The van der Waals surface area contributed by atoms with Crippen molar-refractivity contribution in [2.45, 2.75) is 25.0 Å². The lowest BCUT2D eigenvalue weighted by Gasteiger charge is -2.26.